The van der Waals surface area contributed by atoms with Crippen molar-refractivity contribution in [2.45, 2.75) is 24.9 Å². The summed E-state index contributed by atoms with van der Waals surface area (Å²) in [4.78, 5) is 13.9. The molecular formula is C13H14Cl2N2O. The second-order valence-corrected chi connectivity index (χ2v) is 5.63. The van der Waals surface area contributed by atoms with Gasteiger partial charge in [-0.15, -0.1) is 0 Å². The van der Waals surface area contributed by atoms with Crippen molar-refractivity contribution in [3.05, 3.63) is 33.8 Å². The van der Waals surface area contributed by atoms with E-state index < -0.39 is 0 Å². The largest absolute Gasteiger partial charge is 0.320 e. The van der Waals surface area contributed by atoms with Gasteiger partial charge in [0.2, 0.25) is 5.91 Å². The van der Waals surface area contributed by atoms with E-state index in [-0.39, 0.29) is 11.6 Å². The van der Waals surface area contributed by atoms with E-state index in [2.05, 4.69) is 5.32 Å². The monoisotopic (exact) mass is 284 g/mol. The number of carbonyl (C=O) groups is 1. The van der Waals surface area contributed by atoms with E-state index in [0.717, 1.165) is 31.5 Å². The fourth-order valence-electron chi connectivity index (χ4n) is 2.96. The molecule has 5 heteroatoms. The maximum Gasteiger partial charge on any atom is 0.224 e. The van der Waals surface area contributed by atoms with Gasteiger partial charge in [-0.3, -0.25) is 10.1 Å². The molecule has 0 aliphatic carbocycles. The molecule has 2 fully saturated rings. The molecule has 18 heavy (non-hydrogen) atoms. The smallest absolute Gasteiger partial charge is 0.224 e. The molecule has 1 unspecified atom stereocenters. The average molecular weight is 285 g/mol. The third-order valence-electron chi connectivity index (χ3n) is 3.84. The van der Waals surface area contributed by atoms with Crippen LogP contribution in [0.15, 0.2) is 18.2 Å². The zero-order valence-corrected chi connectivity index (χ0v) is 11.4. The number of carbonyl (C=O) groups excluding carboxylic acids is 1. The van der Waals surface area contributed by atoms with Gasteiger partial charge in [-0.1, -0.05) is 29.3 Å². The summed E-state index contributed by atoms with van der Waals surface area (Å²) in [6.45, 7) is 1.73. The zero-order valence-electron chi connectivity index (χ0n) is 9.88. The average Bonchev–Trinajstić information content (AvgIpc) is 2.72. The van der Waals surface area contributed by atoms with E-state index in [4.69, 9.17) is 23.2 Å². The number of fused-ring (bicyclic) bond motifs is 1. The second kappa shape index (κ2) is 4.41. The fourth-order valence-corrected chi connectivity index (χ4v) is 3.26. The van der Waals surface area contributed by atoms with Crippen LogP contribution >= 0.6 is 23.2 Å². The first kappa shape index (κ1) is 12.3. The van der Waals surface area contributed by atoms with Crippen LogP contribution in [0.4, 0.5) is 0 Å². The van der Waals surface area contributed by atoms with Gasteiger partial charge in [0.1, 0.15) is 5.66 Å². The number of benzene rings is 1. The van der Waals surface area contributed by atoms with E-state index in [9.17, 15) is 4.79 Å². The Kier molecular flexibility index (Phi) is 3.00. The summed E-state index contributed by atoms with van der Waals surface area (Å²) in [5.41, 5.74) is 0.659. The van der Waals surface area contributed by atoms with Crippen molar-refractivity contribution in [3.63, 3.8) is 0 Å². The third kappa shape index (κ3) is 1.73. The highest BCUT2D eigenvalue weighted by atomic mass is 35.5. The number of nitrogens with zero attached hydrogens (tertiary/aromatic N) is 1. The Morgan fingerprint density at radius 3 is 2.89 bits per heavy atom. The van der Waals surface area contributed by atoms with Crippen LogP contribution in [-0.4, -0.2) is 23.9 Å². The molecule has 2 aliphatic heterocycles. The molecule has 96 valence electrons. The molecular weight excluding hydrogens is 271 g/mol. The number of hydrogen-bond donors (Lipinski definition) is 1. The molecule has 0 spiro atoms. The van der Waals surface area contributed by atoms with Crippen molar-refractivity contribution in [2.75, 3.05) is 13.1 Å². The molecule has 2 saturated heterocycles. The lowest BCUT2D eigenvalue weighted by molar-refractivity contribution is -0.133. The van der Waals surface area contributed by atoms with Crippen LogP contribution in [0.1, 0.15) is 24.8 Å². The maximum absolute atomic E-state index is 12.0. The molecule has 3 nitrogen and oxygen atoms in total. The Bertz CT molecular complexity index is 506. The Morgan fingerprint density at radius 2 is 2.11 bits per heavy atom. The van der Waals surface area contributed by atoms with Crippen LogP contribution in [0.2, 0.25) is 10.0 Å². The first-order chi connectivity index (χ1) is 8.63. The van der Waals surface area contributed by atoms with Crippen molar-refractivity contribution in [3.8, 4) is 0 Å². The maximum atomic E-state index is 12.0. The lowest BCUT2D eigenvalue weighted by Crippen LogP contribution is -2.58. The highest BCUT2D eigenvalue weighted by Crippen LogP contribution is 2.40. The van der Waals surface area contributed by atoms with Gasteiger partial charge in [-0.25, -0.2) is 0 Å². The number of halogens is 2. The third-order valence-corrected chi connectivity index (χ3v) is 4.57. The summed E-state index contributed by atoms with van der Waals surface area (Å²) in [5.74, 6) is 0.216. The van der Waals surface area contributed by atoms with Gasteiger partial charge in [0.25, 0.3) is 0 Å². The number of nitrogens with one attached hydrogen (secondary N) is 1. The van der Waals surface area contributed by atoms with Crippen LogP contribution in [-0.2, 0) is 10.5 Å². The molecule has 0 bridgehead atoms. The molecule has 0 saturated carbocycles. The first-order valence-corrected chi connectivity index (χ1v) is 6.90. The first-order valence-electron chi connectivity index (χ1n) is 6.14. The Hall–Kier alpha value is -0.770. The minimum atomic E-state index is -0.371. The van der Waals surface area contributed by atoms with Gasteiger partial charge >= 0.3 is 0 Å². The molecule has 0 radical (unpaired) electrons. The molecule has 2 aliphatic rings. The molecule has 1 atom stereocenters. The van der Waals surface area contributed by atoms with Gasteiger partial charge in [0, 0.05) is 13.0 Å². The van der Waals surface area contributed by atoms with Crippen LogP contribution in [0.5, 0.6) is 0 Å². The van der Waals surface area contributed by atoms with Crippen molar-refractivity contribution >= 4 is 29.1 Å². The standard InChI is InChI=1S/C13H14Cl2N2O/c14-10-3-2-9(8-11(10)15)13-5-4-12(18)17(13)7-1-6-16-13/h2-3,8,16H,1,4-7H2. The molecule has 1 amide bonds. The lowest BCUT2D eigenvalue weighted by Gasteiger charge is -2.43. The van der Waals surface area contributed by atoms with Crippen LogP contribution in [0.25, 0.3) is 0 Å². The molecule has 3 rings (SSSR count). The van der Waals surface area contributed by atoms with E-state index >= 15 is 0 Å². The summed E-state index contributed by atoms with van der Waals surface area (Å²) < 4.78 is 0. The molecule has 1 aromatic carbocycles. The number of amides is 1. The van der Waals surface area contributed by atoms with Crippen molar-refractivity contribution in [1.82, 2.24) is 10.2 Å². The summed E-state index contributed by atoms with van der Waals surface area (Å²) in [6, 6.07) is 5.62. The number of rotatable bonds is 1. The van der Waals surface area contributed by atoms with Crippen molar-refractivity contribution < 1.29 is 4.79 Å². The highest BCUT2D eigenvalue weighted by Gasteiger charge is 2.47. The van der Waals surface area contributed by atoms with E-state index in [1.165, 1.54) is 0 Å². The number of hydrogen-bond acceptors (Lipinski definition) is 2. The van der Waals surface area contributed by atoms with Gasteiger partial charge in [-0.05, 0) is 37.1 Å². The predicted octanol–water partition coefficient (Wildman–Crippen LogP) is 2.76. The van der Waals surface area contributed by atoms with Gasteiger partial charge in [0.15, 0.2) is 0 Å². The van der Waals surface area contributed by atoms with Crippen molar-refractivity contribution in [2.24, 2.45) is 0 Å². The van der Waals surface area contributed by atoms with Crippen LogP contribution in [0, 0.1) is 0 Å². The quantitative estimate of drug-likeness (QED) is 0.860. The zero-order chi connectivity index (χ0) is 12.8. The molecule has 1 N–H and O–H groups in total. The van der Waals surface area contributed by atoms with E-state index in [0.29, 0.717) is 16.5 Å². The SMILES string of the molecule is O=C1CCC2(c3ccc(Cl)c(Cl)c3)NCCCN12. The molecule has 2 heterocycles. The second-order valence-electron chi connectivity index (χ2n) is 4.81. The topological polar surface area (TPSA) is 32.3 Å². The van der Waals surface area contributed by atoms with E-state index in [1.807, 2.05) is 17.0 Å². The Balaban J connectivity index is 2.06. The predicted molar refractivity (Wildman–Crippen MR) is 71.7 cm³/mol. The Morgan fingerprint density at radius 1 is 1.28 bits per heavy atom. The van der Waals surface area contributed by atoms with Crippen LogP contribution < -0.4 is 5.32 Å². The summed E-state index contributed by atoms with van der Waals surface area (Å²) in [6.07, 6.45) is 2.38. The normalized spacial score (nSPS) is 27.4. The van der Waals surface area contributed by atoms with Gasteiger partial charge in [0.05, 0.1) is 10.0 Å². The highest BCUT2D eigenvalue weighted by molar-refractivity contribution is 6.42. The minimum Gasteiger partial charge on any atom is -0.320 e. The summed E-state index contributed by atoms with van der Waals surface area (Å²) >= 11 is 12.0. The summed E-state index contributed by atoms with van der Waals surface area (Å²) in [7, 11) is 0. The lowest BCUT2D eigenvalue weighted by atomic mass is 9.94. The Labute approximate surface area is 116 Å². The molecule has 1 aromatic rings. The summed E-state index contributed by atoms with van der Waals surface area (Å²) in [5, 5.41) is 4.57. The van der Waals surface area contributed by atoms with E-state index in [1.54, 1.807) is 6.07 Å². The molecule has 0 aromatic heterocycles. The van der Waals surface area contributed by atoms with Gasteiger partial charge in [-0.2, -0.15) is 0 Å². The minimum absolute atomic E-state index is 0.216. The fraction of sp³-hybridized carbons (Fsp3) is 0.462. The van der Waals surface area contributed by atoms with Crippen molar-refractivity contribution in [1.29, 1.82) is 0 Å². The van der Waals surface area contributed by atoms with Crippen LogP contribution in [0.3, 0.4) is 0 Å². The van der Waals surface area contributed by atoms with Gasteiger partial charge < -0.3 is 4.90 Å².